The minimum atomic E-state index is 0.144. The van der Waals surface area contributed by atoms with E-state index in [9.17, 15) is 0 Å². The Labute approximate surface area is 112 Å². The molecule has 0 aromatic carbocycles. The van der Waals surface area contributed by atoms with E-state index in [4.69, 9.17) is 5.73 Å². The first-order valence-electron chi connectivity index (χ1n) is 6.06. The minimum absolute atomic E-state index is 0.144. The average Bonchev–Trinajstić information content (AvgIpc) is 2.79. The summed E-state index contributed by atoms with van der Waals surface area (Å²) in [5.74, 6) is 1.24. The summed E-state index contributed by atoms with van der Waals surface area (Å²) in [5.41, 5.74) is 5.89. The van der Waals surface area contributed by atoms with E-state index in [-0.39, 0.29) is 11.4 Å². The van der Waals surface area contributed by atoms with Gasteiger partial charge in [-0.3, -0.25) is 4.57 Å². The van der Waals surface area contributed by atoms with Crippen LogP contribution in [0.5, 0.6) is 0 Å². The molecule has 0 unspecified atom stereocenters. The van der Waals surface area contributed by atoms with Crippen LogP contribution < -0.4 is 10.6 Å². The van der Waals surface area contributed by atoms with E-state index in [1.807, 2.05) is 11.9 Å². The lowest BCUT2D eigenvalue weighted by molar-refractivity contribution is 0.416. The van der Waals surface area contributed by atoms with Crippen molar-refractivity contribution in [2.45, 2.75) is 20.8 Å². The topological polar surface area (TPSA) is 85.8 Å². The van der Waals surface area contributed by atoms with Gasteiger partial charge in [0, 0.05) is 26.0 Å². The SMILES string of the molecule is CN(CC(C)(C)C)c1nc(N)nc(-n2ccnc2)n1. The molecule has 2 heterocycles. The summed E-state index contributed by atoms with van der Waals surface area (Å²) in [7, 11) is 1.94. The van der Waals surface area contributed by atoms with E-state index in [1.54, 1.807) is 23.3 Å². The number of imidazole rings is 1. The predicted octanol–water partition coefficient (Wildman–Crippen LogP) is 1.12. The highest BCUT2D eigenvalue weighted by Crippen LogP contribution is 2.18. The zero-order valence-corrected chi connectivity index (χ0v) is 11.7. The van der Waals surface area contributed by atoms with Crippen molar-refractivity contribution in [1.29, 1.82) is 0 Å². The third kappa shape index (κ3) is 3.40. The molecule has 102 valence electrons. The van der Waals surface area contributed by atoms with E-state index in [0.29, 0.717) is 11.9 Å². The second-order valence-electron chi connectivity index (χ2n) is 5.68. The fourth-order valence-electron chi connectivity index (χ4n) is 1.82. The van der Waals surface area contributed by atoms with Crippen LogP contribution >= 0.6 is 0 Å². The van der Waals surface area contributed by atoms with Gasteiger partial charge >= 0.3 is 0 Å². The molecule has 0 aliphatic carbocycles. The molecule has 0 spiro atoms. The normalized spacial score (nSPS) is 11.6. The molecule has 19 heavy (non-hydrogen) atoms. The van der Waals surface area contributed by atoms with Gasteiger partial charge in [-0.1, -0.05) is 20.8 Å². The summed E-state index contributed by atoms with van der Waals surface area (Å²) in [4.78, 5) is 18.6. The van der Waals surface area contributed by atoms with Crippen LogP contribution in [0.25, 0.3) is 5.95 Å². The van der Waals surface area contributed by atoms with Crippen LogP contribution in [0, 0.1) is 5.41 Å². The van der Waals surface area contributed by atoms with Gasteiger partial charge in [0.1, 0.15) is 6.33 Å². The second kappa shape index (κ2) is 4.83. The van der Waals surface area contributed by atoms with E-state index in [2.05, 4.69) is 40.7 Å². The average molecular weight is 261 g/mol. The molecule has 0 radical (unpaired) electrons. The lowest BCUT2D eigenvalue weighted by Gasteiger charge is -2.26. The summed E-state index contributed by atoms with van der Waals surface area (Å²) in [6.07, 6.45) is 5.06. The van der Waals surface area contributed by atoms with Gasteiger partial charge in [-0.05, 0) is 5.41 Å². The van der Waals surface area contributed by atoms with Gasteiger partial charge in [-0.2, -0.15) is 15.0 Å². The molecular formula is C12H19N7. The van der Waals surface area contributed by atoms with Crippen molar-refractivity contribution in [1.82, 2.24) is 24.5 Å². The van der Waals surface area contributed by atoms with Gasteiger partial charge in [0.2, 0.25) is 17.8 Å². The van der Waals surface area contributed by atoms with Crippen molar-refractivity contribution in [3.05, 3.63) is 18.7 Å². The molecule has 0 saturated heterocycles. The predicted molar refractivity (Wildman–Crippen MR) is 74.1 cm³/mol. The molecule has 2 rings (SSSR count). The smallest absolute Gasteiger partial charge is 0.241 e. The summed E-state index contributed by atoms with van der Waals surface area (Å²) < 4.78 is 1.70. The summed E-state index contributed by atoms with van der Waals surface area (Å²) >= 11 is 0. The molecule has 0 aliphatic heterocycles. The second-order valence-corrected chi connectivity index (χ2v) is 5.68. The number of anilines is 2. The van der Waals surface area contributed by atoms with Crippen molar-refractivity contribution in [2.75, 3.05) is 24.2 Å². The van der Waals surface area contributed by atoms with Gasteiger partial charge in [0.05, 0.1) is 0 Å². The molecule has 2 N–H and O–H groups in total. The van der Waals surface area contributed by atoms with Crippen LogP contribution in [0.3, 0.4) is 0 Å². The lowest BCUT2D eigenvalue weighted by atomic mass is 9.96. The number of hydrogen-bond donors (Lipinski definition) is 1. The quantitative estimate of drug-likeness (QED) is 0.891. The number of hydrogen-bond acceptors (Lipinski definition) is 6. The third-order valence-electron chi connectivity index (χ3n) is 2.42. The fraction of sp³-hybridized carbons (Fsp3) is 0.500. The van der Waals surface area contributed by atoms with E-state index < -0.39 is 0 Å². The highest BCUT2D eigenvalue weighted by Gasteiger charge is 2.17. The van der Waals surface area contributed by atoms with Crippen LogP contribution in [0.1, 0.15) is 20.8 Å². The minimum Gasteiger partial charge on any atom is -0.368 e. The Morgan fingerprint density at radius 1 is 1.26 bits per heavy atom. The first-order chi connectivity index (χ1) is 8.85. The Hall–Kier alpha value is -2.18. The molecule has 0 aliphatic rings. The highest BCUT2D eigenvalue weighted by atomic mass is 15.3. The zero-order valence-electron chi connectivity index (χ0n) is 11.7. The molecule has 0 saturated carbocycles. The van der Waals surface area contributed by atoms with Gasteiger partial charge in [0.25, 0.3) is 0 Å². The maximum atomic E-state index is 5.74. The van der Waals surface area contributed by atoms with Crippen LogP contribution in [-0.2, 0) is 0 Å². The van der Waals surface area contributed by atoms with Gasteiger partial charge < -0.3 is 10.6 Å². The molecule has 0 amide bonds. The Bertz CT molecular complexity index is 542. The molecule has 0 fully saturated rings. The van der Waals surface area contributed by atoms with Crippen molar-refractivity contribution < 1.29 is 0 Å². The fourth-order valence-corrected chi connectivity index (χ4v) is 1.82. The van der Waals surface area contributed by atoms with E-state index in [0.717, 1.165) is 6.54 Å². The molecule has 7 nitrogen and oxygen atoms in total. The van der Waals surface area contributed by atoms with Gasteiger partial charge in [-0.25, -0.2) is 4.98 Å². The van der Waals surface area contributed by atoms with Crippen LogP contribution in [0.2, 0.25) is 0 Å². The number of nitrogen functional groups attached to an aromatic ring is 1. The van der Waals surface area contributed by atoms with Crippen molar-refractivity contribution in [3.8, 4) is 5.95 Å². The van der Waals surface area contributed by atoms with Crippen molar-refractivity contribution in [3.63, 3.8) is 0 Å². The molecule has 7 heteroatoms. The van der Waals surface area contributed by atoms with Gasteiger partial charge in [0.15, 0.2) is 0 Å². The zero-order chi connectivity index (χ0) is 14.0. The van der Waals surface area contributed by atoms with Crippen LogP contribution in [0.15, 0.2) is 18.7 Å². The summed E-state index contributed by atoms with van der Waals surface area (Å²) in [6.45, 7) is 7.29. The third-order valence-corrected chi connectivity index (χ3v) is 2.42. The first-order valence-corrected chi connectivity index (χ1v) is 6.06. The largest absolute Gasteiger partial charge is 0.368 e. The van der Waals surface area contributed by atoms with E-state index >= 15 is 0 Å². The molecule has 2 aromatic heterocycles. The number of aromatic nitrogens is 5. The number of rotatable bonds is 3. The number of nitrogens with zero attached hydrogens (tertiary/aromatic N) is 6. The van der Waals surface area contributed by atoms with Gasteiger partial charge in [-0.15, -0.1) is 0 Å². The summed E-state index contributed by atoms with van der Waals surface area (Å²) in [5, 5.41) is 0. The maximum absolute atomic E-state index is 5.74. The molecule has 2 aromatic rings. The van der Waals surface area contributed by atoms with Crippen molar-refractivity contribution >= 4 is 11.9 Å². The van der Waals surface area contributed by atoms with Crippen LogP contribution in [-0.4, -0.2) is 38.1 Å². The monoisotopic (exact) mass is 261 g/mol. The standard InChI is InChI=1S/C12H19N7/c1-12(2,3)7-18(4)10-15-9(13)16-11(17-10)19-6-5-14-8-19/h5-6,8H,7H2,1-4H3,(H2,13,15,16,17). The van der Waals surface area contributed by atoms with E-state index in [1.165, 1.54) is 0 Å². The Morgan fingerprint density at radius 3 is 2.58 bits per heavy atom. The Balaban J connectivity index is 2.32. The Kier molecular flexibility index (Phi) is 3.37. The number of nitrogens with two attached hydrogens (primary N) is 1. The Morgan fingerprint density at radius 2 is 2.00 bits per heavy atom. The molecule has 0 atom stereocenters. The highest BCUT2D eigenvalue weighted by molar-refractivity contribution is 5.37. The maximum Gasteiger partial charge on any atom is 0.241 e. The van der Waals surface area contributed by atoms with Crippen LogP contribution in [0.4, 0.5) is 11.9 Å². The van der Waals surface area contributed by atoms with Crippen molar-refractivity contribution in [2.24, 2.45) is 5.41 Å². The lowest BCUT2D eigenvalue weighted by Crippen LogP contribution is -2.31. The molecular weight excluding hydrogens is 242 g/mol. The summed E-state index contributed by atoms with van der Waals surface area (Å²) in [6, 6.07) is 0. The first kappa shape index (κ1) is 13.3. The molecule has 0 bridgehead atoms.